The molecule has 0 aromatic carbocycles. The van der Waals surface area contributed by atoms with Crippen molar-refractivity contribution in [3.8, 4) is 0 Å². The first-order chi connectivity index (χ1) is 11.4. The van der Waals surface area contributed by atoms with E-state index < -0.39 is 19.8 Å². The quantitative estimate of drug-likeness (QED) is 0.493. The van der Waals surface area contributed by atoms with Gasteiger partial charge in [-0.15, -0.1) is 13.2 Å². The highest BCUT2D eigenvalue weighted by Crippen LogP contribution is 2.44. The molecule has 0 spiro atoms. The van der Waals surface area contributed by atoms with Crippen molar-refractivity contribution in [2.45, 2.75) is 70.6 Å². The summed E-state index contributed by atoms with van der Waals surface area (Å²) < 4.78 is 6.17. The van der Waals surface area contributed by atoms with E-state index in [4.69, 9.17) is 4.43 Å². The smallest absolute Gasteiger partial charge is 0.414 e. The van der Waals surface area contributed by atoms with Gasteiger partial charge in [-0.25, -0.2) is 9.69 Å². The lowest BCUT2D eigenvalue weighted by Crippen LogP contribution is -2.43. The third-order valence-corrected chi connectivity index (χ3v) is 10.2. The van der Waals surface area contributed by atoms with E-state index in [1.54, 1.807) is 12.2 Å². The van der Waals surface area contributed by atoms with Gasteiger partial charge in [0.05, 0.1) is 5.41 Å². The summed E-state index contributed by atoms with van der Waals surface area (Å²) in [4.78, 5) is 25.5. The lowest BCUT2D eigenvalue weighted by molar-refractivity contribution is -0.134. The van der Waals surface area contributed by atoms with Crippen LogP contribution in [-0.4, -0.2) is 43.0 Å². The molecule has 0 aromatic rings. The first-order valence-corrected chi connectivity index (χ1v) is 11.7. The molecule has 142 valence electrons. The van der Waals surface area contributed by atoms with Gasteiger partial charge in [0.25, 0.3) is 0 Å². The lowest BCUT2D eigenvalue weighted by atomic mass is 9.78. The maximum atomic E-state index is 12.8. The number of rotatable bonds is 8. The van der Waals surface area contributed by atoms with Crippen molar-refractivity contribution in [2.24, 2.45) is 5.41 Å². The molecule has 1 aliphatic rings. The number of hydrogen-bond donors (Lipinski definition) is 1. The number of likely N-dealkylation sites (tertiary alicyclic amines) is 1. The van der Waals surface area contributed by atoms with Gasteiger partial charge in [0.1, 0.15) is 0 Å². The fourth-order valence-corrected chi connectivity index (χ4v) is 4.23. The van der Waals surface area contributed by atoms with Crippen LogP contribution in [0, 0.1) is 5.41 Å². The van der Waals surface area contributed by atoms with E-state index in [0.29, 0.717) is 32.3 Å². The normalized spacial score (nSPS) is 20.6. The van der Waals surface area contributed by atoms with Crippen LogP contribution in [-0.2, 0) is 9.22 Å². The number of allylic oxidation sites excluding steroid dienone is 2. The summed E-state index contributed by atoms with van der Waals surface area (Å²) in [6, 6.07) is -0.352. The van der Waals surface area contributed by atoms with Crippen LogP contribution in [0.25, 0.3) is 0 Å². The summed E-state index contributed by atoms with van der Waals surface area (Å²) in [5.41, 5.74) is -0.733. The molecule has 0 aliphatic carbocycles. The molecule has 0 aromatic heterocycles. The molecule has 0 bridgehead atoms. The Kier molecular flexibility index (Phi) is 6.81. The summed E-state index contributed by atoms with van der Waals surface area (Å²) >= 11 is 0. The Balaban J connectivity index is 2.91. The maximum absolute atomic E-state index is 12.8. The minimum absolute atomic E-state index is 0.0976. The van der Waals surface area contributed by atoms with Gasteiger partial charge in [-0.1, -0.05) is 32.9 Å². The molecular weight excluding hydrogens is 334 g/mol. The molecule has 1 fully saturated rings. The summed E-state index contributed by atoms with van der Waals surface area (Å²) in [6.45, 7) is 18.8. The van der Waals surface area contributed by atoms with Crippen molar-refractivity contribution in [1.29, 1.82) is 0 Å². The van der Waals surface area contributed by atoms with Crippen LogP contribution in [0.4, 0.5) is 4.79 Å². The predicted octanol–water partition coefficient (Wildman–Crippen LogP) is 4.82. The number of hydrogen-bond acceptors (Lipinski definition) is 3. The molecule has 5 nitrogen and oxygen atoms in total. The first kappa shape index (κ1) is 21.6. The highest BCUT2D eigenvalue weighted by Gasteiger charge is 2.52. The van der Waals surface area contributed by atoms with Gasteiger partial charge in [-0.3, -0.25) is 4.79 Å². The van der Waals surface area contributed by atoms with Gasteiger partial charge in [0.2, 0.25) is 5.91 Å². The summed E-state index contributed by atoms with van der Waals surface area (Å²) in [5.74, 6) is -0.336. The molecule has 0 saturated carbocycles. The van der Waals surface area contributed by atoms with E-state index in [2.05, 4.69) is 47.0 Å². The second-order valence-corrected chi connectivity index (χ2v) is 13.3. The Morgan fingerprint density at radius 3 is 2.28 bits per heavy atom. The van der Waals surface area contributed by atoms with Crippen molar-refractivity contribution in [1.82, 2.24) is 4.90 Å². The number of nitrogens with zero attached hydrogens (tertiary/aromatic N) is 1. The highest BCUT2D eigenvalue weighted by molar-refractivity contribution is 6.74. The third-order valence-electron chi connectivity index (χ3n) is 5.66. The van der Waals surface area contributed by atoms with Gasteiger partial charge in [0.15, 0.2) is 8.32 Å². The SMILES string of the molecule is C=CCC1(CC=C)C[C@@H](CCO[Si](C)(C)C(C)(C)C)N(C(=O)O)C1=O. The van der Waals surface area contributed by atoms with E-state index in [1.165, 1.54) is 0 Å². The zero-order valence-corrected chi connectivity index (χ0v) is 17.3. The van der Waals surface area contributed by atoms with Crippen LogP contribution in [0.15, 0.2) is 25.3 Å². The lowest BCUT2D eigenvalue weighted by Gasteiger charge is -2.36. The molecule has 1 aliphatic heterocycles. The van der Waals surface area contributed by atoms with Gasteiger partial charge < -0.3 is 9.53 Å². The minimum Gasteiger partial charge on any atom is -0.465 e. The average Bonchev–Trinajstić information content (AvgIpc) is 2.71. The van der Waals surface area contributed by atoms with E-state index in [-0.39, 0.29) is 17.0 Å². The Hall–Kier alpha value is -1.40. The average molecular weight is 368 g/mol. The van der Waals surface area contributed by atoms with E-state index in [9.17, 15) is 14.7 Å². The molecule has 1 atom stereocenters. The van der Waals surface area contributed by atoms with Crippen LogP contribution in [0.3, 0.4) is 0 Å². The van der Waals surface area contributed by atoms with E-state index in [0.717, 1.165) is 4.90 Å². The number of carboxylic acid groups (broad SMARTS) is 1. The summed E-state index contributed by atoms with van der Waals surface area (Å²) in [6.07, 6.45) is 4.14. The van der Waals surface area contributed by atoms with Gasteiger partial charge >= 0.3 is 6.09 Å². The molecule has 25 heavy (non-hydrogen) atoms. The zero-order chi connectivity index (χ0) is 19.5. The Morgan fingerprint density at radius 2 is 1.88 bits per heavy atom. The van der Waals surface area contributed by atoms with Crippen LogP contribution in [0.5, 0.6) is 0 Å². The second kappa shape index (κ2) is 7.87. The number of carbonyl (C=O) groups excluding carboxylic acids is 1. The summed E-state index contributed by atoms with van der Waals surface area (Å²) in [5, 5.41) is 9.63. The van der Waals surface area contributed by atoms with E-state index in [1.807, 2.05) is 0 Å². The van der Waals surface area contributed by atoms with Gasteiger partial charge in [0, 0.05) is 12.6 Å². The van der Waals surface area contributed by atoms with Gasteiger partial charge in [-0.2, -0.15) is 0 Å². The molecule has 1 N–H and O–H groups in total. The minimum atomic E-state index is -1.89. The van der Waals surface area contributed by atoms with Crippen LogP contribution < -0.4 is 0 Å². The molecule has 0 radical (unpaired) electrons. The molecule has 1 saturated heterocycles. The van der Waals surface area contributed by atoms with Crippen LogP contribution in [0.2, 0.25) is 18.1 Å². The van der Waals surface area contributed by atoms with E-state index >= 15 is 0 Å². The predicted molar refractivity (Wildman–Crippen MR) is 103 cm³/mol. The molecule has 1 heterocycles. The first-order valence-electron chi connectivity index (χ1n) is 8.84. The van der Waals surface area contributed by atoms with Crippen LogP contribution in [0.1, 0.15) is 46.5 Å². The largest absolute Gasteiger partial charge is 0.465 e. The Bertz CT molecular complexity index is 526. The van der Waals surface area contributed by atoms with Crippen molar-refractivity contribution >= 4 is 20.3 Å². The molecule has 1 rings (SSSR count). The van der Waals surface area contributed by atoms with Crippen molar-refractivity contribution in [2.75, 3.05) is 6.61 Å². The topological polar surface area (TPSA) is 66.8 Å². The summed E-state index contributed by atoms with van der Waals surface area (Å²) in [7, 11) is -1.89. The Morgan fingerprint density at radius 1 is 1.36 bits per heavy atom. The maximum Gasteiger partial charge on any atom is 0.414 e. The number of carbonyl (C=O) groups is 2. The Labute approximate surface area is 152 Å². The standard InChI is InChI=1S/C19H33NO4Si/c1-8-11-19(12-9-2)14-15(20(16(19)21)17(22)23)10-13-24-25(6,7)18(3,4)5/h8-9,15H,1-2,10-14H2,3-7H3,(H,22,23)/t15-/m1/s1. The molecule has 6 heteroatoms. The zero-order valence-electron chi connectivity index (χ0n) is 16.3. The second-order valence-electron chi connectivity index (χ2n) is 8.48. The fraction of sp³-hybridized carbons (Fsp3) is 0.684. The third kappa shape index (κ3) is 4.61. The fourth-order valence-electron chi connectivity index (χ4n) is 3.17. The van der Waals surface area contributed by atoms with Crippen molar-refractivity contribution in [3.05, 3.63) is 25.3 Å². The molecule has 0 unspecified atom stereocenters. The highest BCUT2D eigenvalue weighted by atomic mass is 28.4. The van der Waals surface area contributed by atoms with Crippen molar-refractivity contribution in [3.63, 3.8) is 0 Å². The molecule has 2 amide bonds. The molecular formula is C19H33NO4Si. The van der Waals surface area contributed by atoms with Crippen LogP contribution >= 0.6 is 0 Å². The monoisotopic (exact) mass is 367 g/mol. The van der Waals surface area contributed by atoms with Crippen molar-refractivity contribution < 1.29 is 19.1 Å². The number of amides is 2. The van der Waals surface area contributed by atoms with Gasteiger partial charge in [-0.05, 0) is 43.8 Å². The number of imide groups is 1.